The van der Waals surface area contributed by atoms with Gasteiger partial charge in [0.05, 0.1) is 6.10 Å². The van der Waals surface area contributed by atoms with Crippen molar-refractivity contribution in [3.8, 4) is 0 Å². The Balaban J connectivity index is 2.17. The van der Waals surface area contributed by atoms with E-state index in [0.29, 0.717) is 6.54 Å². The third kappa shape index (κ3) is 3.95. The second-order valence-corrected chi connectivity index (χ2v) is 4.15. The Bertz CT molecular complexity index is 144. The van der Waals surface area contributed by atoms with Crippen molar-refractivity contribution in [3.63, 3.8) is 0 Å². The van der Waals surface area contributed by atoms with Gasteiger partial charge in [0.25, 0.3) is 0 Å². The first-order valence-electron chi connectivity index (χ1n) is 5.78. The van der Waals surface area contributed by atoms with Gasteiger partial charge in [-0.05, 0) is 32.2 Å². The second kappa shape index (κ2) is 6.38. The molecule has 0 radical (unpaired) electrons. The molecule has 0 spiro atoms. The standard InChI is InChI=1S/C11H24N2O/c1-3-7-13(10-4-5-10)8-6-11(9-12)14-2/h10-11H,3-9,12H2,1-2H3. The van der Waals surface area contributed by atoms with E-state index in [0.717, 1.165) is 19.0 Å². The molecule has 2 N–H and O–H groups in total. The molecule has 0 saturated heterocycles. The van der Waals surface area contributed by atoms with Crippen LogP contribution in [0.3, 0.4) is 0 Å². The molecule has 0 aromatic rings. The van der Waals surface area contributed by atoms with Gasteiger partial charge in [-0.2, -0.15) is 0 Å². The largest absolute Gasteiger partial charge is 0.380 e. The van der Waals surface area contributed by atoms with Crippen LogP contribution < -0.4 is 5.73 Å². The number of ether oxygens (including phenoxy) is 1. The van der Waals surface area contributed by atoms with Gasteiger partial charge in [-0.15, -0.1) is 0 Å². The predicted molar refractivity (Wildman–Crippen MR) is 59.4 cm³/mol. The molecular weight excluding hydrogens is 176 g/mol. The van der Waals surface area contributed by atoms with Crippen molar-refractivity contribution in [3.05, 3.63) is 0 Å². The molecule has 0 heterocycles. The summed E-state index contributed by atoms with van der Waals surface area (Å²) < 4.78 is 5.28. The van der Waals surface area contributed by atoms with Crippen molar-refractivity contribution < 1.29 is 4.74 Å². The van der Waals surface area contributed by atoms with Gasteiger partial charge in [0, 0.05) is 26.2 Å². The van der Waals surface area contributed by atoms with Crippen molar-refractivity contribution in [2.24, 2.45) is 5.73 Å². The molecule has 0 aromatic carbocycles. The van der Waals surface area contributed by atoms with E-state index in [4.69, 9.17) is 10.5 Å². The summed E-state index contributed by atoms with van der Waals surface area (Å²) in [5.41, 5.74) is 5.59. The van der Waals surface area contributed by atoms with Crippen molar-refractivity contribution >= 4 is 0 Å². The zero-order chi connectivity index (χ0) is 10.4. The Kier molecular flexibility index (Phi) is 5.45. The molecule has 1 aliphatic rings. The normalized spacial score (nSPS) is 18.9. The molecule has 3 nitrogen and oxygen atoms in total. The maximum absolute atomic E-state index is 5.59. The van der Waals surface area contributed by atoms with Crippen LogP contribution >= 0.6 is 0 Å². The van der Waals surface area contributed by atoms with Crippen LogP contribution in [0.4, 0.5) is 0 Å². The van der Waals surface area contributed by atoms with Gasteiger partial charge >= 0.3 is 0 Å². The fourth-order valence-electron chi connectivity index (χ4n) is 1.85. The van der Waals surface area contributed by atoms with E-state index < -0.39 is 0 Å². The third-order valence-electron chi connectivity index (χ3n) is 2.91. The molecule has 3 heteroatoms. The molecule has 1 saturated carbocycles. The van der Waals surface area contributed by atoms with E-state index in [2.05, 4.69) is 11.8 Å². The zero-order valence-electron chi connectivity index (χ0n) is 9.54. The number of hydrogen-bond acceptors (Lipinski definition) is 3. The molecule has 1 unspecified atom stereocenters. The van der Waals surface area contributed by atoms with Crippen LogP contribution in [0.25, 0.3) is 0 Å². The second-order valence-electron chi connectivity index (χ2n) is 4.15. The van der Waals surface area contributed by atoms with Gasteiger partial charge in [0.15, 0.2) is 0 Å². The van der Waals surface area contributed by atoms with Crippen molar-refractivity contribution in [2.45, 2.75) is 44.8 Å². The van der Waals surface area contributed by atoms with E-state index in [-0.39, 0.29) is 6.10 Å². The van der Waals surface area contributed by atoms with Crippen LogP contribution in [0, 0.1) is 0 Å². The minimum atomic E-state index is 0.244. The van der Waals surface area contributed by atoms with E-state index in [1.165, 1.54) is 25.8 Å². The molecule has 1 aliphatic carbocycles. The maximum Gasteiger partial charge on any atom is 0.0705 e. The summed E-state index contributed by atoms with van der Waals surface area (Å²) in [7, 11) is 1.75. The maximum atomic E-state index is 5.59. The lowest BCUT2D eigenvalue weighted by atomic mass is 10.2. The highest BCUT2D eigenvalue weighted by Gasteiger charge is 2.28. The topological polar surface area (TPSA) is 38.5 Å². The zero-order valence-corrected chi connectivity index (χ0v) is 9.54. The highest BCUT2D eigenvalue weighted by Crippen LogP contribution is 2.27. The van der Waals surface area contributed by atoms with Gasteiger partial charge in [0.2, 0.25) is 0 Å². The molecule has 1 rings (SSSR count). The van der Waals surface area contributed by atoms with E-state index >= 15 is 0 Å². The SMILES string of the molecule is CCCN(CCC(CN)OC)C1CC1. The van der Waals surface area contributed by atoms with Gasteiger partial charge < -0.3 is 15.4 Å². The Morgan fingerprint density at radius 2 is 2.14 bits per heavy atom. The quantitative estimate of drug-likeness (QED) is 0.640. The lowest BCUT2D eigenvalue weighted by Crippen LogP contribution is -2.33. The molecule has 1 fully saturated rings. The Morgan fingerprint density at radius 3 is 2.57 bits per heavy atom. The first-order chi connectivity index (χ1) is 6.81. The lowest BCUT2D eigenvalue weighted by molar-refractivity contribution is 0.0882. The molecule has 14 heavy (non-hydrogen) atoms. The summed E-state index contributed by atoms with van der Waals surface area (Å²) in [6, 6.07) is 0.866. The predicted octanol–water partition coefficient (Wildman–Crippen LogP) is 1.22. The summed E-state index contributed by atoms with van der Waals surface area (Å²) in [5.74, 6) is 0. The highest BCUT2D eigenvalue weighted by atomic mass is 16.5. The molecule has 84 valence electrons. The Labute approximate surface area is 87.6 Å². The first kappa shape index (κ1) is 12.0. The van der Waals surface area contributed by atoms with Crippen LogP contribution in [-0.4, -0.2) is 43.8 Å². The number of nitrogens with two attached hydrogens (primary N) is 1. The monoisotopic (exact) mass is 200 g/mol. The van der Waals surface area contributed by atoms with Crippen LogP contribution in [-0.2, 0) is 4.74 Å². The number of methoxy groups -OCH3 is 1. The van der Waals surface area contributed by atoms with Crippen LogP contribution in [0.1, 0.15) is 32.6 Å². The Hall–Kier alpha value is -0.120. The lowest BCUT2D eigenvalue weighted by Gasteiger charge is -2.23. The minimum absolute atomic E-state index is 0.244. The van der Waals surface area contributed by atoms with Gasteiger partial charge in [-0.25, -0.2) is 0 Å². The average Bonchev–Trinajstić information content (AvgIpc) is 3.01. The molecular formula is C11H24N2O. The first-order valence-corrected chi connectivity index (χ1v) is 5.78. The van der Waals surface area contributed by atoms with Crippen LogP contribution in [0.15, 0.2) is 0 Å². The van der Waals surface area contributed by atoms with Crippen molar-refractivity contribution in [1.82, 2.24) is 4.90 Å². The number of rotatable bonds is 8. The molecule has 0 amide bonds. The summed E-state index contributed by atoms with van der Waals surface area (Å²) in [5, 5.41) is 0. The Morgan fingerprint density at radius 1 is 1.43 bits per heavy atom. The van der Waals surface area contributed by atoms with E-state index in [1.807, 2.05) is 0 Å². The fourth-order valence-corrected chi connectivity index (χ4v) is 1.85. The molecule has 0 aromatic heterocycles. The molecule has 1 atom stereocenters. The highest BCUT2D eigenvalue weighted by molar-refractivity contribution is 4.84. The van der Waals surface area contributed by atoms with Crippen LogP contribution in [0.5, 0.6) is 0 Å². The van der Waals surface area contributed by atoms with E-state index in [9.17, 15) is 0 Å². The van der Waals surface area contributed by atoms with Crippen LogP contribution in [0.2, 0.25) is 0 Å². The number of nitrogens with zero attached hydrogens (tertiary/aromatic N) is 1. The average molecular weight is 200 g/mol. The summed E-state index contributed by atoms with van der Waals surface area (Å²) in [4.78, 5) is 2.58. The fraction of sp³-hybridized carbons (Fsp3) is 1.00. The van der Waals surface area contributed by atoms with E-state index in [1.54, 1.807) is 7.11 Å². The van der Waals surface area contributed by atoms with Gasteiger partial charge in [-0.3, -0.25) is 0 Å². The van der Waals surface area contributed by atoms with Crippen molar-refractivity contribution in [1.29, 1.82) is 0 Å². The molecule has 0 aliphatic heterocycles. The van der Waals surface area contributed by atoms with Gasteiger partial charge in [-0.1, -0.05) is 6.92 Å². The van der Waals surface area contributed by atoms with Gasteiger partial charge in [0.1, 0.15) is 0 Å². The summed E-state index contributed by atoms with van der Waals surface area (Å²) in [6.07, 6.45) is 5.34. The summed E-state index contributed by atoms with van der Waals surface area (Å²) >= 11 is 0. The molecule has 0 bridgehead atoms. The van der Waals surface area contributed by atoms with Crippen molar-refractivity contribution in [2.75, 3.05) is 26.7 Å². The number of hydrogen-bond donors (Lipinski definition) is 1. The smallest absolute Gasteiger partial charge is 0.0705 e. The summed E-state index contributed by atoms with van der Waals surface area (Å²) in [6.45, 7) is 5.26. The minimum Gasteiger partial charge on any atom is -0.380 e. The third-order valence-corrected chi connectivity index (χ3v) is 2.91.